The lowest BCUT2D eigenvalue weighted by Crippen LogP contribution is -2.35. The molecule has 1 N–H and O–H groups in total. The lowest BCUT2D eigenvalue weighted by Gasteiger charge is -2.18. The second-order valence-corrected chi connectivity index (χ2v) is 8.07. The number of ether oxygens (including phenoxy) is 2. The number of hydrogen-bond donors (Lipinski definition) is 1. The Morgan fingerprint density at radius 1 is 0.939 bits per heavy atom. The van der Waals surface area contributed by atoms with Gasteiger partial charge in [-0.1, -0.05) is 55.5 Å². The summed E-state index contributed by atoms with van der Waals surface area (Å²) in [5.41, 5.74) is 3.31. The molecule has 0 aliphatic carbocycles. The highest BCUT2D eigenvalue weighted by Gasteiger charge is 2.20. The van der Waals surface area contributed by atoms with Gasteiger partial charge >= 0.3 is 5.69 Å². The van der Waals surface area contributed by atoms with Gasteiger partial charge in [-0.3, -0.25) is 13.9 Å². The first-order valence-corrected chi connectivity index (χ1v) is 11.0. The molecule has 0 bridgehead atoms. The fourth-order valence-corrected chi connectivity index (χ4v) is 4.28. The number of nitrogens with one attached hydrogen (secondary N) is 1. The SMILES string of the molecule is CC[C@H](NC(=O)Cn1c(=O)n(Cc2ccccc2)c2ccccc21)c1ccc2c(c1)OCO2. The zero-order valence-electron chi connectivity index (χ0n) is 18.4. The molecular formula is C26H25N3O4. The second kappa shape index (κ2) is 8.86. The zero-order chi connectivity index (χ0) is 22.8. The van der Waals surface area contributed by atoms with E-state index in [2.05, 4.69) is 5.32 Å². The predicted octanol–water partition coefficient (Wildman–Crippen LogP) is 3.85. The average Bonchev–Trinajstić information content (AvgIpc) is 3.41. The van der Waals surface area contributed by atoms with E-state index >= 15 is 0 Å². The Labute approximate surface area is 191 Å². The topological polar surface area (TPSA) is 74.5 Å². The Hall–Kier alpha value is -4.00. The van der Waals surface area contributed by atoms with E-state index in [1.165, 1.54) is 0 Å². The van der Waals surface area contributed by atoms with Crippen LogP contribution in [0.2, 0.25) is 0 Å². The number of carbonyl (C=O) groups excluding carboxylic acids is 1. The largest absolute Gasteiger partial charge is 0.454 e. The van der Waals surface area contributed by atoms with Crippen LogP contribution in [0.5, 0.6) is 11.5 Å². The van der Waals surface area contributed by atoms with Crippen molar-refractivity contribution in [1.82, 2.24) is 14.5 Å². The van der Waals surface area contributed by atoms with E-state index in [9.17, 15) is 9.59 Å². The number of nitrogens with zero attached hydrogens (tertiary/aromatic N) is 2. The van der Waals surface area contributed by atoms with Crippen LogP contribution < -0.4 is 20.5 Å². The van der Waals surface area contributed by atoms with Crippen molar-refractivity contribution in [3.05, 3.63) is 94.4 Å². The van der Waals surface area contributed by atoms with Gasteiger partial charge in [0.05, 0.1) is 23.6 Å². The first-order chi connectivity index (χ1) is 16.1. The van der Waals surface area contributed by atoms with E-state index in [-0.39, 0.29) is 31.0 Å². The van der Waals surface area contributed by atoms with Crippen molar-refractivity contribution < 1.29 is 14.3 Å². The van der Waals surface area contributed by atoms with Crippen molar-refractivity contribution in [3.8, 4) is 11.5 Å². The number of imidazole rings is 1. The smallest absolute Gasteiger partial charge is 0.329 e. The van der Waals surface area contributed by atoms with E-state index in [0.717, 1.165) is 22.2 Å². The summed E-state index contributed by atoms with van der Waals surface area (Å²) in [7, 11) is 0. The van der Waals surface area contributed by atoms with Gasteiger partial charge in [0.25, 0.3) is 0 Å². The van der Waals surface area contributed by atoms with Crippen molar-refractivity contribution in [2.75, 3.05) is 6.79 Å². The highest BCUT2D eigenvalue weighted by molar-refractivity contribution is 5.81. The van der Waals surface area contributed by atoms with E-state index < -0.39 is 0 Å². The third-order valence-corrected chi connectivity index (χ3v) is 5.95. The first kappa shape index (κ1) is 20.9. The monoisotopic (exact) mass is 443 g/mol. The van der Waals surface area contributed by atoms with Gasteiger partial charge in [0.1, 0.15) is 6.54 Å². The molecule has 0 fully saturated rings. The number of rotatable bonds is 7. The van der Waals surface area contributed by atoms with Gasteiger partial charge in [0.2, 0.25) is 12.7 Å². The van der Waals surface area contributed by atoms with Gasteiger partial charge in [0.15, 0.2) is 11.5 Å². The zero-order valence-corrected chi connectivity index (χ0v) is 18.4. The maximum atomic E-state index is 13.3. The van der Waals surface area contributed by atoms with Gasteiger partial charge in [0, 0.05) is 0 Å². The summed E-state index contributed by atoms with van der Waals surface area (Å²) in [5, 5.41) is 3.07. The molecule has 5 rings (SSSR count). The van der Waals surface area contributed by atoms with Crippen LogP contribution in [0.25, 0.3) is 11.0 Å². The highest BCUT2D eigenvalue weighted by atomic mass is 16.7. The molecule has 1 aliphatic heterocycles. The summed E-state index contributed by atoms with van der Waals surface area (Å²) < 4.78 is 14.1. The van der Waals surface area contributed by atoms with Gasteiger partial charge in [-0.2, -0.15) is 0 Å². The van der Waals surface area contributed by atoms with Crippen LogP contribution in [0.15, 0.2) is 77.6 Å². The number of hydrogen-bond acceptors (Lipinski definition) is 4. The molecule has 0 spiro atoms. The van der Waals surface area contributed by atoms with Crippen LogP contribution in [0.4, 0.5) is 0 Å². The van der Waals surface area contributed by atoms with E-state index in [1.54, 1.807) is 9.13 Å². The molecule has 0 radical (unpaired) electrons. The Balaban J connectivity index is 1.40. The molecule has 0 unspecified atom stereocenters. The van der Waals surface area contributed by atoms with Crippen molar-refractivity contribution >= 4 is 16.9 Å². The molecule has 7 nitrogen and oxygen atoms in total. The molecule has 7 heteroatoms. The van der Waals surface area contributed by atoms with E-state index in [4.69, 9.17) is 9.47 Å². The number of benzene rings is 3. The summed E-state index contributed by atoms with van der Waals surface area (Å²) in [5.74, 6) is 1.17. The fraction of sp³-hybridized carbons (Fsp3) is 0.231. The normalized spacial score (nSPS) is 13.2. The van der Waals surface area contributed by atoms with Crippen LogP contribution >= 0.6 is 0 Å². The maximum absolute atomic E-state index is 13.3. The van der Waals surface area contributed by atoms with Crippen molar-refractivity contribution in [2.24, 2.45) is 0 Å². The molecule has 1 aliphatic rings. The molecule has 1 aromatic heterocycles. The lowest BCUT2D eigenvalue weighted by atomic mass is 10.0. The molecule has 2 heterocycles. The van der Waals surface area contributed by atoms with Gasteiger partial charge in [-0.15, -0.1) is 0 Å². The highest BCUT2D eigenvalue weighted by Crippen LogP contribution is 2.34. The third-order valence-electron chi connectivity index (χ3n) is 5.95. The van der Waals surface area contributed by atoms with Gasteiger partial charge < -0.3 is 14.8 Å². The molecule has 4 aromatic rings. The van der Waals surface area contributed by atoms with Crippen LogP contribution in [0.3, 0.4) is 0 Å². The summed E-state index contributed by atoms with van der Waals surface area (Å²) >= 11 is 0. The molecule has 1 atom stereocenters. The summed E-state index contributed by atoms with van der Waals surface area (Å²) in [6.45, 7) is 2.61. The van der Waals surface area contributed by atoms with Crippen LogP contribution in [-0.2, 0) is 17.9 Å². The first-order valence-electron chi connectivity index (χ1n) is 11.0. The minimum Gasteiger partial charge on any atom is -0.454 e. The Morgan fingerprint density at radius 2 is 1.64 bits per heavy atom. The fourth-order valence-electron chi connectivity index (χ4n) is 4.28. The van der Waals surface area contributed by atoms with Crippen molar-refractivity contribution in [2.45, 2.75) is 32.5 Å². The van der Waals surface area contributed by atoms with Crippen molar-refractivity contribution in [1.29, 1.82) is 0 Å². The number of carbonyl (C=O) groups is 1. The lowest BCUT2D eigenvalue weighted by molar-refractivity contribution is -0.122. The third kappa shape index (κ3) is 4.09. The molecule has 3 aromatic carbocycles. The predicted molar refractivity (Wildman–Crippen MR) is 125 cm³/mol. The minimum absolute atomic E-state index is 0.0534. The standard InChI is InChI=1S/C26H25N3O4/c1-2-20(19-12-13-23-24(14-19)33-17-32-23)27-25(30)16-29-22-11-7-6-10-21(22)28(26(29)31)15-18-8-4-3-5-9-18/h3-14,20H,2,15-17H2,1H3,(H,27,30)/t20-/m0/s1. The molecule has 168 valence electrons. The van der Waals surface area contributed by atoms with Crippen LogP contribution in [0, 0.1) is 0 Å². The quantitative estimate of drug-likeness (QED) is 0.471. The maximum Gasteiger partial charge on any atom is 0.329 e. The molecule has 1 amide bonds. The number of para-hydroxylation sites is 2. The molecule has 0 saturated heterocycles. The summed E-state index contributed by atoms with van der Waals surface area (Å²) in [4.78, 5) is 26.3. The van der Waals surface area contributed by atoms with E-state index in [1.807, 2.05) is 79.7 Å². The molecular weight excluding hydrogens is 418 g/mol. The van der Waals surface area contributed by atoms with Gasteiger partial charge in [-0.05, 0) is 41.8 Å². The average molecular weight is 444 g/mol. The van der Waals surface area contributed by atoms with Gasteiger partial charge in [-0.25, -0.2) is 4.79 Å². The minimum atomic E-state index is -0.218. The Bertz CT molecular complexity index is 1360. The summed E-state index contributed by atoms with van der Waals surface area (Å²) in [6.07, 6.45) is 0.704. The molecule has 0 saturated carbocycles. The number of amides is 1. The van der Waals surface area contributed by atoms with Crippen LogP contribution in [0.1, 0.15) is 30.5 Å². The molecule has 33 heavy (non-hydrogen) atoms. The number of aromatic nitrogens is 2. The Kier molecular flexibility index (Phi) is 5.60. The number of fused-ring (bicyclic) bond motifs is 2. The van der Waals surface area contributed by atoms with E-state index in [0.29, 0.717) is 24.5 Å². The van der Waals surface area contributed by atoms with Crippen LogP contribution in [-0.4, -0.2) is 21.8 Å². The summed E-state index contributed by atoms with van der Waals surface area (Å²) in [6, 6.07) is 22.9. The Morgan fingerprint density at radius 3 is 2.39 bits per heavy atom. The van der Waals surface area contributed by atoms with Crippen molar-refractivity contribution in [3.63, 3.8) is 0 Å². The second-order valence-electron chi connectivity index (χ2n) is 8.07.